The molecule has 55 heavy (non-hydrogen) atoms. The second-order valence-electron chi connectivity index (χ2n) is 15.6. The van der Waals surface area contributed by atoms with Gasteiger partial charge in [0.25, 0.3) is 0 Å². The summed E-state index contributed by atoms with van der Waals surface area (Å²) in [6.07, 6.45) is 0. The lowest BCUT2D eigenvalue weighted by Crippen LogP contribution is -2.16. The van der Waals surface area contributed by atoms with Crippen LogP contribution in [0.5, 0.6) is 0 Å². The van der Waals surface area contributed by atoms with Crippen LogP contribution in [0.1, 0.15) is 36.1 Å². The number of rotatable bonds is 6. The highest BCUT2D eigenvalue weighted by Crippen LogP contribution is 2.56. The predicted octanol–water partition coefficient (Wildman–Crippen LogP) is 15.0. The molecule has 10 rings (SSSR count). The smallest absolute Gasteiger partial charge is 0.0468 e. The van der Waals surface area contributed by atoms with E-state index in [4.69, 9.17) is 0 Å². The van der Waals surface area contributed by atoms with Gasteiger partial charge in [0.15, 0.2) is 0 Å². The number of benzene rings is 9. The second kappa shape index (κ2) is 12.7. The van der Waals surface area contributed by atoms with Gasteiger partial charge in [0.1, 0.15) is 0 Å². The normalized spacial score (nSPS) is 12.9. The zero-order valence-electron chi connectivity index (χ0n) is 31.7. The highest BCUT2D eigenvalue weighted by molar-refractivity contribution is 6.19. The van der Waals surface area contributed by atoms with Crippen LogP contribution in [0.4, 0.5) is 34.1 Å². The Balaban J connectivity index is 1.17. The average molecular weight is 707 g/mol. The minimum absolute atomic E-state index is 0.218. The Hall–Kier alpha value is -6.64. The lowest BCUT2D eigenvalue weighted by atomic mass is 9.79. The molecule has 0 saturated heterocycles. The minimum Gasteiger partial charge on any atom is -0.310 e. The van der Waals surface area contributed by atoms with Crippen molar-refractivity contribution < 1.29 is 0 Å². The summed E-state index contributed by atoms with van der Waals surface area (Å²) >= 11 is 0. The topological polar surface area (TPSA) is 6.48 Å². The van der Waals surface area contributed by atoms with E-state index in [9.17, 15) is 0 Å². The summed E-state index contributed by atoms with van der Waals surface area (Å²) in [6.45, 7) is 9.16. The third-order valence-corrected chi connectivity index (χ3v) is 11.6. The maximum Gasteiger partial charge on any atom is 0.0468 e. The Morgan fingerprint density at radius 3 is 1.51 bits per heavy atom. The summed E-state index contributed by atoms with van der Waals surface area (Å²) in [5, 5.41) is 7.69. The van der Waals surface area contributed by atoms with Crippen molar-refractivity contribution in [1.29, 1.82) is 0 Å². The van der Waals surface area contributed by atoms with Gasteiger partial charge in [0.05, 0.1) is 0 Å². The average Bonchev–Trinajstić information content (AvgIpc) is 3.44. The largest absolute Gasteiger partial charge is 0.310 e. The molecule has 0 unspecified atom stereocenters. The van der Waals surface area contributed by atoms with Crippen LogP contribution in [0, 0.1) is 13.8 Å². The molecule has 1 aliphatic carbocycles. The van der Waals surface area contributed by atoms with Crippen molar-refractivity contribution in [3.8, 4) is 11.1 Å². The maximum absolute atomic E-state index is 2.47. The van der Waals surface area contributed by atoms with Gasteiger partial charge in [-0.25, -0.2) is 0 Å². The van der Waals surface area contributed by atoms with Gasteiger partial charge in [-0.05, 0) is 164 Å². The summed E-state index contributed by atoms with van der Waals surface area (Å²) in [4.78, 5) is 4.75. The van der Waals surface area contributed by atoms with Crippen LogP contribution >= 0.6 is 0 Å². The quantitative estimate of drug-likeness (QED) is 0.159. The van der Waals surface area contributed by atoms with Crippen LogP contribution in [0.2, 0.25) is 0 Å². The third kappa shape index (κ3) is 5.40. The monoisotopic (exact) mass is 706 g/mol. The van der Waals surface area contributed by atoms with Gasteiger partial charge in [0, 0.05) is 39.5 Å². The number of hydrogen-bond donors (Lipinski definition) is 0. The molecule has 0 spiro atoms. The van der Waals surface area contributed by atoms with Crippen molar-refractivity contribution in [1.82, 2.24) is 0 Å². The van der Waals surface area contributed by atoms with Crippen LogP contribution in [-0.4, -0.2) is 0 Å². The predicted molar refractivity (Wildman–Crippen MR) is 235 cm³/mol. The first-order valence-corrected chi connectivity index (χ1v) is 19.3. The van der Waals surface area contributed by atoms with Gasteiger partial charge in [-0.2, -0.15) is 0 Å². The zero-order chi connectivity index (χ0) is 37.3. The number of nitrogens with zero attached hydrogens (tertiary/aromatic N) is 2. The fourth-order valence-electron chi connectivity index (χ4n) is 9.11. The van der Waals surface area contributed by atoms with Gasteiger partial charge in [-0.3, -0.25) is 0 Å². The first-order chi connectivity index (χ1) is 26.8. The fraction of sp³-hybridized carbons (Fsp3) is 0.0943. The molecule has 0 radical (unpaired) electrons. The third-order valence-electron chi connectivity index (χ3n) is 11.6. The molecule has 2 nitrogen and oxygen atoms in total. The first-order valence-electron chi connectivity index (χ1n) is 19.3. The Morgan fingerprint density at radius 1 is 0.364 bits per heavy atom. The van der Waals surface area contributed by atoms with Gasteiger partial charge in [0.2, 0.25) is 0 Å². The SMILES string of the molecule is Cc1cccc(N(c2ccccc2)c2ccc3cc4c(cc3c2)C(C)(C)c2c-4c3ccccc3c3cc(N(c4ccccc4)c4cccc(C)c4)ccc23)c1. The van der Waals surface area contributed by atoms with Crippen LogP contribution in [0.3, 0.4) is 0 Å². The van der Waals surface area contributed by atoms with E-state index in [-0.39, 0.29) is 5.41 Å². The van der Waals surface area contributed by atoms with E-state index in [0.29, 0.717) is 0 Å². The molecule has 0 atom stereocenters. The molecule has 0 saturated carbocycles. The molecule has 1 aliphatic rings. The van der Waals surface area contributed by atoms with E-state index in [1.807, 2.05) is 0 Å². The Kier molecular flexibility index (Phi) is 7.64. The molecule has 264 valence electrons. The summed E-state index contributed by atoms with van der Waals surface area (Å²) in [6, 6.07) is 67.0. The minimum atomic E-state index is -0.218. The van der Waals surface area contributed by atoms with Gasteiger partial charge in [-0.1, -0.05) is 111 Å². The molecule has 0 amide bonds. The fourth-order valence-corrected chi connectivity index (χ4v) is 9.11. The van der Waals surface area contributed by atoms with Crippen molar-refractivity contribution in [2.75, 3.05) is 9.80 Å². The molecule has 0 aliphatic heterocycles. The van der Waals surface area contributed by atoms with E-state index in [1.165, 1.54) is 65.7 Å². The van der Waals surface area contributed by atoms with Crippen molar-refractivity contribution in [2.45, 2.75) is 33.1 Å². The molecule has 0 N–H and O–H groups in total. The van der Waals surface area contributed by atoms with E-state index in [1.54, 1.807) is 0 Å². The molecule has 0 aromatic heterocycles. The van der Waals surface area contributed by atoms with Crippen LogP contribution in [0.25, 0.3) is 43.4 Å². The molecule has 9 aromatic rings. The highest BCUT2D eigenvalue weighted by atomic mass is 15.1. The van der Waals surface area contributed by atoms with Gasteiger partial charge in [-0.15, -0.1) is 0 Å². The molecular formula is C53H42N2. The molecule has 2 heteroatoms. The van der Waals surface area contributed by atoms with Crippen LogP contribution in [0.15, 0.2) is 182 Å². The Bertz CT molecular complexity index is 2920. The molecule has 0 bridgehead atoms. The van der Waals surface area contributed by atoms with Crippen molar-refractivity contribution in [3.63, 3.8) is 0 Å². The number of fused-ring (bicyclic) bond motifs is 9. The summed E-state index contributed by atoms with van der Waals surface area (Å²) < 4.78 is 0. The van der Waals surface area contributed by atoms with Crippen molar-refractivity contribution >= 4 is 66.4 Å². The van der Waals surface area contributed by atoms with Crippen molar-refractivity contribution in [3.05, 3.63) is 204 Å². The molecular weight excluding hydrogens is 665 g/mol. The number of para-hydroxylation sites is 2. The van der Waals surface area contributed by atoms with E-state index in [0.717, 1.165) is 34.1 Å². The Labute approximate surface area is 323 Å². The van der Waals surface area contributed by atoms with Gasteiger partial charge < -0.3 is 9.80 Å². The van der Waals surface area contributed by atoms with Crippen molar-refractivity contribution in [2.24, 2.45) is 0 Å². The maximum atomic E-state index is 2.47. The van der Waals surface area contributed by atoms with Gasteiger partial charge >= 0.3 is 0 Å². The summed E-state index contributed by atoms with van der Waals surface area (Å²) in [7, 11) is 0. The standard InChI is InChI=1S/C53H42N2/c1-35-15-13-21-41(29-35)54(39-17-7-5-8-18-39)43-26-25-37-32-49-50(33-38(37)31-43)53(3,4)52-47-28-27-44(34-48(47)45-23-11-12-24-46(45)51(49)52)55(40-19-9-6-10-20-40)42-22-14-16-36(2)30-42/h5-34H,1-4H3. The van der Waals surface area contributed by atoms with E-state index >= 15 is 0 Å². The lowest BCUT2D eigenvalue weighted by molar-refractivity contribution is 0.667. The molecule has 0 heterocycles. The van der Waals surface area contributed by atoms with Crippen LogP contribution in [-0.2, 0) is 5.41 Å². The summed E-state index contributed by atoms with van der Waals surface area (Å²) in [5.41, 5.74) is 14.7. The first kappa shape index (κ1) is 33.0. The number of aryl methyl sites for hydroxylation is 2. The second-order valence-corrected chi connectivity index (χ2v) is 15.6. The lowest BCUT2D eigenvalue weighted by Gasteiger charge is -2.28. The van der Waals surface area contributed by atoms with Crippen LogP contribution < -0.4 is 9.80 Å². The zero-order valence-corrected chi connectivity index (χ0v) is 31.7. The molecule has 9 aromatic carbocycles. The molecule has 0 fully saturated rings. The summed E-state index contributed by atoms with van der Waals surface area (Å²) in [5.74, 6) is 0. The number of anilines is 6. The number of hydrogen-bond acceptors (Lipinski definition) is 2. The highest BCUT2D eigenvalue weighted by Gasteiger charge is 2.39. The van der Waals surface area contributed by atoms with E-state index in [2.05, 4.69) is 219 Å². The Morgan fingerprint density at radius 2 is 0.891 bits per heavy atom. The van der Waals surface area contributed by atoms with E-state index < -0.39 is 0 Å².